The first-order valence-corrected chi connectivity index (χ1v) is 9.23. The first-order chi connectivity index (χ1) is 14.5. The standard InChI is InChI=1S/C22H20FN3O4/c1-3-29-21-7-4-15(11-25-21)22(28)26-18-5-6-20(23)17(8-18)13-30-19-9-16(14(2)27)10-24-12-19/h4-12H,3,13H2,1-2H3,(H,26,28). The van der Waals surface area contributed by atoms with Gasteiger partial charge < -0.3 is 14.8 Å². The average molecular weight is 409 g/mol. The highest BCUT2D eigenvalue weighted by atomic mass is 19.1. The Hall–Kier alpha value is -3.81. The molecule has 0 spiro atoms. The minimum atomic E-state index is -0.480. The zero-order chi connectivity index (χ0) is 21.5. The predicted molar refractivity (Wildman–Crippen MR) is 108 cm³/mol. The predicted octanol–water partition coefficient (Wildman–Crippen LogP) is 4.05. The van der Waals surface area contributed by atoms with E-state index in [9.17, 15) is 14.0 Å². The van der Waals surface area contributed by atoms with Gasteiger partial charge in [-0.25, -0.2) is 9.37 Å². The zero-order valence-corrected chi connectivity index (χ0v) is 16.5. The molecule has 0 saturated carbocycles. The van der Waals surface area contributed by atoms with Crippen molar-refractivity contribution in [3.8, 4) is 11.6 Å². The van der Waals surface area contributed by atoms with Crippen LogP contribution in [0.3, 0.4) is 0 Å². The zero-order valence-electron chi connectivity index (χ0n) is 16.5. The van der Waals surface area contributed by atoms with Gasteiger partial charge in [0, 0.05) is 35.3 Å². The van der Waals surface area contributed by atoms with Gasteiger partial charge in [0.25, 0.3) is 5.91 Å². The Kier molecular flexibility index (Phi) is 6.69. The highest BCUT2D eigenvalue weighted by Gasteiger charge is 2.11. The maximum Gasteiger partial charge on any atom is 0.257 e. The number of benzene rings is 1. The maximum absolute atomic E-state index is 14.2. The molecule has 0 aliphatic carbocycles. The number of Topliss-reactive ketones (excluding diaryl/α,β-unsaturated/α-hetero) is 1. The van der Waals surface area contributed by atoms with E-state index in [4.69, 9.17) is 9.47 Å². The number of nitrogens with one attached hydrogen (secondary N) is 1. The molecule has 3 aromatic rings. The lowest BCUT2D eigenvalue weighted by atomic mass is 10.2. The van der Waals surface area contributed by atoms with Crippen molar-refractivity contribution in [3.05, 3.63) is 77.5 Å². The fourth-order valence-corrected chi connectivity index (χ4v) is 2.57. The second-order valence-electron chi connectivity index (χ2n) is 6.33. The Morgan fingerprint density at radius 3 is 2.57 bits per heavy atom. The van der Waals surface area contributed by atoms with Crippen LogP contribution in [-0.4, -0.2) is 28.3 Å². The molecule has 154 valence electrons. The lowest BCUT2D eigenvalue weighted by molar-refractivity contribution is 0.101. The van der Waals surface area contributed by atoms with Gasteiger partial charge in [-0.2, -0.15) is 0 Å². The number of pyridine rings is 2. The minimum Gasteiger partial charge on any atom is -0.487 e. The molecule has 0 unspecified atom stereocenters. The molecular formula is C22H20FN3O4. The molecule has 0 saturated heterocycles. The average Bonchev–Trinajstić information content (AvgIpc) is 2.75. The molecule has 0 radical (unpaired) electrons. The van der Waals surface area contributed by atoms with Crippen molar-refractivity contribution in [2.75, 3.05) is 11.9 Å². The number of ether oxygens (including phenoxy) is 2. The summed E-state index contributed by atoms with van der Waals surface area (Å²) in [7, 11) is 0. The number of amides is 1. The van der Waals surface area contributed by atoms with Gasteiger partial charge in [0.1, 0.15) is 18.2 Å². The second kappa shape index (κ2) is 9.60. The van der Waals surface area contributed by atoms with Gasteiger partial charge in [-0.05, 0) is 44.2 Å². The number of hydrogen-bond donors (Lipinski definition) is 1. The molecule has 0 bridgehead atoms. The Labute approximate surface area is 172 Å². The van der Waals surface area contributed by atoms with Gasteiger partial charge >= 0.3 is 0 Å². The molecule has 1 amide bonds. The molecule has 0 atom stereocenters. The Morgan fingerprint density at radius 1 is 1.03 bits per heavy atom. The molecule has 2 heterocycles. The van der Waals surface area contributed by atoms with E-state index in [1.165, 1.54) is 49.8 Å². The normalized spacial score (nSPS) is 10.4. The summed E-state index contributed by atoms with van der Waals surface area (Å²) >= 11 is 0. The van der Waals surface area contributed by atoms with E-state index in [0.29, 0.717) is 35.1 Å². The van der Waals surface area contributed by atoms with Crippen molar-refractivity contribution in [2.24, 2.45) is 0 Å². The third-order valence-corrected chi connectivity index (χ3v) is 4.11. The van der Waals surface area contributed by atoms with E-state index in [0.717, 1.165) is 0 Å². The topological polar surface area (TPSA) is 90.4 Å². The van der Waals surface area contributed by atoms with Gasteiger partial charge in [-0.1, -0.05) is 0 Å². The molecule has 2 aromatic heterocycles. The molecule has 0 aliphatic heterocycles. The number of ketones is 1. The lowest BCUT2D eigenvalue weighted by Crippen LogP contribution is -2.13. The Balaban J connectivity index is 1.68. The largest absolute Gasteiger partial charge is 0.487 e. The number of nitrogens with zero attached hydrogens (tertiary/aromatic N) is 2. The van der Waals surface area contributed by atoms with Gasteiger partial charge in [0.2, 0.25) is 5.88 Å². The highest BCUT2D eigenvalue weighted by Crippen LogP contribution is 2.19. The Bertz CT molecular complexity index is 1050. The van der Waals surface area contributed by atoms with E-state index in [1.54, 1.807) is 12.1 Å². The third kappa shape index (κ3) is 5.38. The summed E-state index contributed by atoms with van der Waals surface area (Å²) in [5.41, 5.74) is 1.39. The summed E-state index contributed by atoms with van der Waals surface area (Å²) in [6, 6.07) is 8.92. The molecular weight excluding hydrogens is 389 g/mol. The quantitative estimate of drug-likeness (QED) is 0.565. The van der Waals surface area contributed by atoms with Crippen molar-refractivity contribution in [2.45, 2.75) is 20.5 Å². The van der Waals surface area contributed by atoms with E-state index < -0.39 is 5.82 Å². The monoisotopic (exact) mass is 409 g/mol. The van der Waals surface area contributed by atoms with Crippen LogP contribution in [0.2, 0.25) is 0 Å². The molecule has 1 N–H and O–H groups in total. The highest BCUT2D eigenvalue weighted by molar-refractivity contribution is 6.04. The van der Waals surface area contributed by atoms with E-state index in [2.05, 4.69) is 15.3 Å². The number of carbonyl (C=O) groups excluding carboxylic acids is 2. The van der Waals surface area contributed by atoms with Crippen molar-refractivity contribution in [3.63, 3.8) is 0 Å². The number of carbonyl (C=O) groups is 2. The molecule has 8 heteroatoms. The lowest BCUT2D eigenvalue weighted by Gasteiger charge is -2.11. The number of anilines is 1. The van der Waals surface area contributed by atoms with Gasteiger partial charge in [-0.15, -0.1) is 0 Å². The maximum atomic E-state index is 14.2. The molecule has 3 rings (SSSR count). The Morgan fingerprint density at radius 2 is 1.87 bits per heavy atom. The van der Waals surface area contributed by atoms with E-state index >= 15 is 0 Å². The summed E-state index contributed by atoms with van der Waals surface area (Å²) in [5.74, 6) is -0.239. The van der Waals surface area contributed by atoms with Gasteiger partial charge in [0.15, 0.2) is 5.78 Å². The summed E-state index contributed by atoms with van der Waals surface area (Å²) in [5, 5.41) is 2.70. The molecule has 7 nitrogen and oxygen atoms in total. The molecule has 0 fully saturated rings. The van der Waals surface area contributed by atoms with Crippen LogP contribution in [0.15, 0.2) is 55.0 Å². The minimum absolute atomic E-state index is 0.0941. The SMILES string of the molecule is CCOc1ccc(C(=O)Nc2ccc(F)c(COc3cncc(C(C)=O)c3)c2)cn1. The number of aromatic nitrogens is 2. The van der Waals surface area contributed by atoms with Crippen LogP contribution in [-0.2, 0) is 6.61 Å². The third-order valence-electron chi connectivity index (χ3n) is 4.11. The van der Waals surface area contributed by atoms with Crippen molar-refractivity contribution < 1.29 is 23.5 Å². The molecule has 30 heavy (non-hydrogen) atoms. The van der Waals surface area contributed by atoms with Crippen molar-refractivity contribution >= 4 is 17.4 Å². The van der Waals surface area contributed by atoms with E-state index in [1.807, 2.05) is 6.92 Å². The molecule has 0 aliphatic rings. The first kappa shape index (κ1) is 20.9. The van der Waals surface area contributed by atoms with Crippen molar-refractivity contribution in [1.29, 1.82) is 0 Å². The molecule has 1 aromatic carbocycles. The second-order valence-corrected chi connectivity index (χ2v) is 6.33. The fourth-order valence-electron chi connectivity index (χ4n) is 2.57. The summed E-state index contributed by atoms with van der Waals surface area (Å²) in [4.78, 5) is 31.8. The van der Waals surface area contributed by atoms with Crippen LogP contribution < -0.4 is 14.8 Å². The van der Waals surface area contributed by atoms with Crippen LogP contribution in [0.5, 0.6) is 11.6 Å². The first-order valence-electron chi connectivity index (χ1n) is 9.23. The van der Waals surface area contributed by atoms with Crippen LogP contribution in [0.1, 0.15) is 40.1 Å². The van der Waals surface area contributed by atoms with Crippen LogP contribution in [0.4, 0.5) is 10.1 Å². The smallest absolute Gasteiger partial charge is 0.257 e. The number of rotatable bonds is 8. The van der Waals surface area contributed by atoms with Crippen LogP contribution in [0, 0.1) is 5.82 Å². The van der Waals surface area contributed by atoms with Crippen molar-refractivity contribution in [1.82, 2.24) is 9.97 Å². The van der Waals surface area contributed by atoms with Crippen LogP contribution in [0.25, 0.3) is 0 Å². The van der Waals surface area contributed by atoms with E-state index in [-0.39, 0.29) is 23.9 Å². The van der Waals surface area contributed by atoms with Gasteiger partial charge in [0.05, 0.1) is 18.4 Å². The fraction of sp³-hybridized carbons (Fsp3) is 0.182. The summed E-state index contributed by atoms with van der Waals surface area (Å²) in [6.07, 6.45) is 4.28. The summed E-state index contributed by atoms with van der Waals surface area (Å²) < 4.78 is 25.0. The number of halogens is 1. The van der Waals surface area contributed by atoms with Gasteiger partial charge in [-0.3, -0.25) is 14.6 Å². The van der Waals surface area contributed by atoms with Crippen LogP contribution >= 0.6 is 0 Å². The summed E-state index contributed by atoms with van der Waals surface area (Å²) in [6.45, 7) is 3.65. The number of hydrogen-bond acceptors (Lipinski definition) is 6.